The van der Waals surface area contributed by atoms with E-state index in [2.05, 4.69) is 5.32 Å². The first-order valence-corrected chi connectivity index (χ1v) is 6.65. The standard InChI is InChI=1S/C14H14F2N2O4/c15-9-4-3-8(6-10(9)16)13(20)17-7-12(19)18-5-1-2-11(18)14(21)22/h3-4,6,11H,1-2,5,7H2,(H,17,20)(H,21,22). The number of hydrogen-bond donors (Lipinski definition) is 2. The van der Waals surface area contributed by atoms with Crippen LogP contribution in [0.2, 0.25) is 0 Å². The van der Waals surface area contributed by atoms with Crippen molar-refractivity contribution in [3.05, 3.63) is 35.4 Å². The van der Waals surface area contributed by atoms with Crippen LogP contribution in [0.1, 0.15) is 23.2 Å². The molecule has 0 radical (unpaired) electrons. The molecule has 1 aliphatic heterocycles. The van der Waals surface area contributed by atoms with E-state index in [1.54, 1.807) is 0 Å². The Balaban J connectivity index is 1.94. The minimum absolute atomic E-state index is 0.122. The van der Waals surface area contributed by atoms with Gasteiger partial charge in [0.05, 0.1) is 6.54 Å². The summed E-state index contributed by atoms with van der Waals surface area (Å²) in [6.45, 7) is -0.0849. The highest BCUT2D eigenvalue weighted by Gasteiger charge is 2.33. The fourth-order valence-corrected chi connectivity index (χ4v) is 2.32. The Hall–Kier alpha value is -2.51. The number of carbonyl (C=O) groups is 3. The third-order valence-corrected chi connectivity index (χ3v) is 3.44. The second-order valence-electron chi connectivity index (χ2n) is 4.89. The topological polar surface area (TPSA) is 86.7 Å². The van der Waals surface area contributed by atoms with Crippen LogP contribution < -0.4 is 5.32 Å². The number of carbonyl (C=O) groups excluding carboxylic acids is 2. The van der Waals surface area contributed by atoms with E-state index in [1.165, 1.54) is 4.90 Å². The second-order valence-corrected chi connectivity index (χ2v) is 4.89. The van der Waals surface area contributed by atoms with Crippen molar-refractivity contribution in [1.29, 1.82) is 0 Å². The molecule has 118 valence electrons. The molecule has 1 unspecified atom stereocenters. The molecule has 1 aromatic rings. The summed E-state index contributed by atoms with van der Waals surface area (Å²) < 4.78 is 25.8. The summed E-state index contributed by atoms with van der Waals surface area (Å²) >= 11 is 0. The summed E-state index contributed by atoms with van der Waals surface area (Å²) in [5, 5.41) is 11.3. The fourth-order valence-electron chi connectivity index (χ4n) is 2.32. The van der Waals surface area contributed by atoms with Gasteiger partial charge in [-0.15, -0.1) is 0 Å². The average molecular weight is 312 g/mol. The van der Waals surface area contributed by atoms with Crippen LogP contribution in [0.4, 0.5) is 8.78 Å². The van der Waals surface area contributed by atoms with E-state index in [9.17, 15) is 23.2 Å². The molecule has 0 aliphatic carbocycles. The summed E-state index contributed by atoms with van der Waals surface area (Å²) in [6, 6.07) is 1.75. The van der Waals surface area contributed by atoms with E-state index in [1.807, 2.05) is 0 Å². The van der Waals surface area contributed by atoms with Crippen LogP contribution in [0.15, 0.2) is 18.2 Å². The first-order valence-electron chi connectivity index (χ1n) is 6.65. The highest BCUT2D eigenvalue weighted by atomic mass is 19.2. The Morgan fingerprint density at radius 2 is 2.00 bits per heavy atom. The van der Waals surface area contributed by atoms with Gasteiger partial charge < -0.3 is 15.3 Å². The van der Waals surface area contributed by atoms with Crippen molar-refractivity contribution in [1.82, 2.24) is 10.2 Å². The van der Waals surface area contributed by atoms with E-state index >= 15 is 0 Å². The van der Waals surface area contributed by atoms with Crippen molar-refractivity contribution in [2.75, 3.05) is 13.1 Å². The maximum Gasteiger partial charge on any atom is 0.326 e. The van der Waals surface area contributed by atoms with E-state index in [0.717, 1.165) is 18.2 Å². The van der Waals surface area contributed by atoms with Crippen LogP contribution in [0.25, 0.3) is 0 Å². The van der Waals surface area contributed by atoms with Gasteiger partial charge in [0.2, 0.25) is 5.91 Å². The van der Waals surface area contributed by atoms with Crippen LogP contribution in [0.3, 0.4) is 0 Å². The summed E-state index contributed by atoms with van der Waals surface area (Å²) in [5.74, 6) is -4.59. The third kappa shape index (κ3) is 3.38. The van der Waals surface area contributed by atoms with Crippen molar-refractivity contribution in [2.24, 2.45) is 0 Å². The molecule has 2 amide bonds. The lowest BCUT2D eigenvalue weighted by Gasteiger charge is -2.21. The van der Waals surface area contributed by atoms with E-state index in [-0.39, 0.29) is 5.56 Å². The fraction of sp³-hybridized carbons (Fsp3) is 0.357. The van der Waals surface area contributed by atoms with Gasteiger partial charge in [-0.3, -0.25) is 9.59 Å². The normalized spacial score (nSPS) is 17.4. The number of benzene rings is 1. The number of amides is 2. The minimum atomic E-state index is -1.16. The molecule has 1 heterocycles. The van der Waals surface area contributed by atoms with Crippen molar-refractivity contribution in [3.8, 4) is 0 Å². The molecular formula is C14H14F2N2O4. The third-order valence-electron chi connectivity index (χ3n) is 3.44. The van der Waals surface area contributed by atoms with Crippen LogP contribution in [-0.2, 0) is 9.59 Å². The number of hydrogen-bond acceptors (Lipinski definition) is 3. The largest absolute Gasteiger partial charge is 0.480 e. The number of likely N-dealkylation sites (tertiary alicyclic amines) is 1. The lowest BCUT2D eigenvalue weighted by molar-refractivity contribution is -0.147. The minimum Gasteiger partial charge on any atom is -0.480 e. The number of nitrogens with zero attached hydrogens (tertiary/aromatic N) is 1. The maximum atomic E-state index is 13.0. The molecule has 1 aliphatic rings. The molecule has 8 heteroatoms. The Morgan fingerprint density at radius 1 is 1.27 bits per heavy atom. The van der Waals surface area contributed by atoms with E-state index in [0.29, 0.717) is 19.4 Å². The number of nitrogens with one attached hydrogen (secondary N) is 1. The molecule has 2 rings (SSSR count). The van der Waals surface area contributed by atoms with Gasteiger partial charge in [0, 0.05) is 12.1 Å². The zero-order chi connectivity index (χ0) is 16.3. The second kappa shape index (κ2) is 6.50. The lowest BCUT2D eigenvalue weighted by atomic mass is 10.2. The summed E-state index contributed by atoms with van der Waals surface area (Å²) in [4.78, 5) is 35.9. The van der Waals surface area contributed by atoms with Gasteiger partial charge in [0.1, 0.15) is 6.04 Å². The predicted molar refractivity (Wildman–Crippen MR) is 71.1 cm³/mol. The molecule has 6 nitrogen and oxygen atoms in total. The van der Waals surface area contributed by atoms with E-state index in [4.69, 9.17) is 5.11 Å². The van der Waals surface area contributed by atoms with Crippen molar-refractivity contribution in [3.63, 3.8) is 0 Å². The molecule has 1 aromatic carbocycles. The van der Waals surface area contributed by atoms with Crippen LogP contribution in [0.5, 0.6) is 0 Å². The summed E-state index contributed by atoms with van der Waals surface area (Å²) in [7, 11) is 0. The molecule has 1 saturated heterocycles. The highest BCUT2D eigenvalue weighted by Crippen LogP contribution is 2.17. The Kier molecular flexibility index (Phi) is 4.69. The van der Waals surface area contributed by atoms with Crippen molar-refractivity contribution in [2.45, 2.75) is 18.9 Å². The van der Waals surface area contributed by atoms with Crippen LogP contribution >= 0.6 is 0 Å². The molecule has 0 aromatic heterocycles. The van der Waals surface area contributed by atoms with E-state index < -0.39 is 42.0 Å². The quantitative estimate of drug-likeness (QED) is 0.860. The molecule has 0 bridgehead atoms. The Labute approximate surface area is 124 Å². The number of carboxylic acid groups (broad SMARTS) is 1. The molecule has 0 spiro atoms. The highest BCUT2D eigenvalue weighted by molar-refractivity contribution is 5.96. The predicted octanol–water partition coefficient (Wildman–Crippen LogP) is 0.770. The van der Waals surface area contributed by atoms with Gasteiger partial charge in [0.15, 0.2) is 11.6 Å². The van der Waals surface area contributed by atoms with Crippen LogP contribution in [0, 0.1) is 11.6 Å². The van der Waals surface area contributed by atoms with Crippen molar-refractivity contribution < 1.29 is 28.3 Å². The summed E-state index contributed by atoms with van der Waals surface area (Å²) in [6.07, 6.45) is 0.956. The van der Waals surface area contributed by atoms with Gasteiger partial charge in [0.25, 0.3) is 5.91 Å². The van der Waals surface area contributed by atoms with Gasteiger partial charge in [-0.2, -0.15) is 0 Å². The number of aliphatic carboxylic acids is 1. The summed E-state index contributed by atoms with van der Waals surface area (Å²) in [5.41, 5.74) is -0.122. The monoisotopic (exact) mass is 312 g/mol. The molecule has 1 atom stereocenters. The number of halogens is 2. The SMILES string of the molecule is O=C(NCC(=O)N1CCCC1C(=O)O)c1ccc(F)c(F)c1. The Morgan fingerprint density at radius 3 is 2.64 bits per heavy atom. The molecule has 0 saturated carbocycles. The van der Waals surface area contributed by atoms with Gasteiger partial charge in [-0.25, -0.2) is 13.6 Å². The smallest absolute Gasteiger partial charge is 0.326 e. The van der Waals surface area contributed by atoms with Crippen LogP contribution in [-0.4, -0.2) is 46.9 Å². The first kappa shape index (κ1) is 15.9. The molecule has 2 N–H and O–H groups in total. The first-order chi connectivity index (χ1) is 10.4. The van der Waals surface area contributed by atoms with Crippen molar-refractivity contribution >= 4 is 17.8 Å². The van der Waals surface area contributed by atoms with Gasteiger partial charge >= 0.3 is 5.97 Å². The van der Waals surface area contributed by atoms with Gasteiger partial charge in [-0.1, -0.05) is 0 Å². The molecular weight excluding hydrogens is 298 g/mol. The average Bonchev–Trinajstić information content (AvgIpc) is 2.97. The molecule has 22 heavy (non-hydrogen) atoms. The maximum absolute atomic E-state index is 13.0. The number of rotatable bonds is 4. The lowest BCUT2D eigenvalue weighted by Crippen LogP contribution is -2.45. The Bertz CT molecular complexity index is 621. The van der Waals surface area contributed by atoms with Gasteiger partial charge in [-0.05, 0) is 31.0 Å². The molecule has 1 fully saturated rings. The number of carboxylic acids is 1. The zero-order valence-electron chi connectivity index (χ0n) is 11.5. The zero-order valence-corrected chi connectivity index (χ0v) is 11.5.